The minimum atomic E-state index is -0.322. The number of hydrogen-bond acceptors (Lipinski definition) is 1. The number of aromatic nitrogens is 2. The molecule has 0 atom stereocenters. The van der Waals surface area contributed by atoms with Gasteiger partial charge in [0.25, 0.3) is 0 Å². The molecule has 0 spiro atoms. The number of H-pyrrole nitrogens is 1. The second kappa shape index (κ2) is 3.12. The van der Waals surface area contributed by atoms with E-state index < -0.39 is 0 Å². The summed E-state index contributed by atoms with van der Waals surface area (Å²) in [5, 5.41) is 0. The Bertz CT molecular complexity index is 338. The molecule has 0 aliphatic heterocycles. The summed E-state index contributed by atoms with van der Waals surface area (Å²) in [7, 11) is 0. The fraction of sp³-hybridized carbons (Fsp3) is 0. The fourth-order valence-corrected chi connectivity index (χ4v) is 2.35. The number of aromatic amines is 1. The van der Waals surface area contributed by atoms with Gasteiger partial charge in [0.1, 0.15) is 0 Å². The minimum absolute atomic E-state index is 0.322. The molecule has 1 aromatic carbocycles. The Hall–Kier alpha value is -0.0638. The van der Waals surface area contributed by atoms with E-state index in [9.17, 15) is 0 Å². The second-order valence-corrected chi connectivity index (χ2v) is 4.95. The van der Waals surface area contributed by atoms with Gasteiger partial charge >= 0.3 is 18.2 Å². The first kappa shape index (κ1) is 7.58. The predicted molar refractivity (Wildman–Crippen MR) is 50.4 cm³/mol. The Morgan fingerprint density at radius 2 is 2.18 bits per heavy atom. The van der Waals surface area contributed by atoms with E-state index in [-0.39, 0.29) is 18.2 Å². The molecule has 0 unspecified atom stereocenters. The van der Waals surface area contributed by atoms with Crippen LogP contribution in [0.1, 0.15) is 0 Å². The molecule has 0 saturated heterocycles. The maximum atomic E-state index is 4.39. The van der Waals surface area contributed by atoms with Gasteiger partial charge in [-0.3, -0.25) is 17.9 Å². The van der Waals surface area contributed by atoms with Gasteiger partial charge in [0.15, 0.2) is 0 Å². The van der Waals surface area contributed by atoms with Crippen molar-refractivity contribution in [2.45, 2.75) is 0 Å². The number of imidazole rings is 1. The molecule has 0 radical (unpaired) electrons. The Morgan fingerprint density at radius 3 is 2.91 bits per heavy atom. The van der Waals surface area contributed by atoms with E-state index in [0.717, 1.165) is 15.0 Å². The molecule has 0 bridgehead atoms. The quantitative estimate of drug-likeness (QED) is 0.720. The van der Waals surface area contributed by atoms with Crippen LogP contribution in [0.3, 0.4) is 0 Å². The fourth-order valence-electron chi connectivity index (χ4n) is 1.07. The van der Waals surface area contributed by atoms with Gasteiger partial charge in [-0.05, 0) is 16.1 Å². The van der Waals surface area contributed by atoms with Crippen molar-refractivity contribution in [1.29, 1.82) is 0 Å². The molecular formula is C7H5BrMgN2. The summed E-state index contributed by atoms with van der Waals surface area (Å²) in [6, 6.07) is 8.08. The molecule has 2 nitrogen and oxygen atoms in total. The highest BCUT2D eigenvalue weighted by molar-refractivity contribution is 9.23. The smallest absolute Gasteiger partial charge is 0.368 e. The highest BCUT2D eigenvalue weighted by Gasteiger charge is 2.01. The van der Waals surface area contributed by atoms with Crippen molar-refractivity contribution in [3.05, 3.63) is 24.3 Å². The topological polar surface area (TPSA) is 28.7 Å². The monoisotopic (exact) mass is 220 g/mol. The van der Waals surface area contributed by atoms with Crippen molar-refractivity contribution in [2.24, 2.45) is 0 Å². The molecule has 0 aliphatic rings. The van der Waals surface area contributed by atoms with Crippen molar-refractivity contribution < 1.29 is 0 Å². The normalized spacial score (nSPS) is 9.91. The highest BCUT2D eigenvalue weighted by atomic mass is 79.9. The lowest BCUT2D eigenvalue weighted by Crippen LogP contribution is -2.11. The number of nitrogens with zero attached hydrogens (tertiary/aromatic N) is 1. The van der Waals surface area contributed by atoms with Crippen molar-refractivity contribution in [2.75, 3.05) is 0 Å². The van der Waals surface area contributed by atoms with Crippen molar-refractivity contribution >= 4 is 46.1 Å². The van der Waals surface area contributed by atoms with Crippen molar-refractivity contribution in [3.8, 4) is 0 Å². The number of hydrogen-bond donors (Lipinski definition) is 1. The number of halogens is 1. The van der Waals surface area contributed by atoms with E-state index in [2.05, 4.69) is 22.9 Å². The van der Waals surface area contributed by atoms with Crippen LogP contribution in [-0.4, -0.2) is 28.2 Å². The second-order valence-electron chi connectivity index (χ2n) is 2.33. The molecular weight excluding hydrogens is 216 g/mol. The van der Waals surface area contributed by atoms with E-state index in [1.807, 2.05) is 24.3 Å². The van der Waals surface area contributed by atoms with Gasteiger partial charge in [-0.2, -0.15) is 0 Å². The van der Waals surface area contributed by atoms with Gasteiger partial charge in [-0.25, -0.2) is 0 Å². The third-order valence-electron chi connectivity index (χ3n) is 1.56. The van der Waals surface area contributed by atoms with E-state index in [4.69, 9.17) is 0 Å². The average Bonchev–Trinajstić information content (AvgIpc) is 2.46. The van der Waals surface area contributed by atoms with Crippen LogP contribution in [0.25, 0.3) is 11.0 Å². The molecule has 0 amide bonds. The maximum Gasteiger partial charge on any atom is 0.561 e. The molecule has 11 heavy (non-hydrogen) atoms. The lowest BCUT2D eigenvalue weighted by Gasteiger charge is -1.82. The largest absolute Gasteiger partial charge is 0.561 e. The number of para-hydroxylation sites is 2. The van der Waals surface area contributed by atoms with Crippen molar-refractivity contribution in [1.82, 2.24) is 9.97 Å². The molecule has 2 aromatic rings. The highest BCUT2D eigenvalue weighted by Crippen LogP contribution is 2.05. The third-order valence-corrected chi connectivity index (χ3v) is 3.75. The Labute approximate surface area is 80.0 Å². The van der Waals surface area contributed by atoms with Crippen LogP contribution in [0.5, 0.6) is 0 Å². The zero-order chi connectivity index (χ0) is 7.68. The van der Waals surface area contributed by atoms with Gasteiger partial charge in [0.05, 0.1) is 11.0 Å². The number of benzene rings is 1. The van der Waals surface area contributed by atoms with Crippen LogP contribution in [0.2, 0.25) is 0 Å². The summed E-state index contributed by atoms with van der Waals surface area (Å²) in [6.45, 7) is 0. The Kier molecular flexibility index (Phi) is 2.15. The average molecular weight is 221 g/mol. The van der Waals surface area contributed by atoms with E-state index in [1.165, 1.54) is 0 Å². The Morgan fingerprint density at radius 1 is 1.36 bits per heavy atom. The summed E-state index contributed by atoms with van der Waals surface area (Å²) in [4.78, 5) is 7.64. The zero-order valence-electron chi connectivity index (χ0n) is 5.84. The summed E-state index contributed by atoms with van der Waals surface area (Å²) < 4.78 is 1.12. The lowest BCUT2D eigenvalue weighted by atomic mass is 10.3. The van der Waals surface area contributed by atoms with Crippen LogP contribution in [0, 0.1) is 0 Å². The van der Waals surface area contributed by atoms with Crippen LogP contribution in [0.15, 0.2) is 24.3 Å². The molecule has 0 aliphatic carbocycles. The Balaban J connectivity index is 2.69. The summed E-state index contributed by atoms with van der Waals surface area (Å²) in [5.41, 5.74) is 2.20. The summed E-state index contributed by atoms with van der Waals surface area (Å²) in [5.74, 6) is 0. The van der Waals surface area contributed by atoms with E-state index in [1.54, 1.807) is 0 Å². The van der Waals surface area contributed by atoms with Gasteiger partial charge in [-0.1, -0.05) is 12.1 Å². The minimum Gasteiger partial charge on any atom is -0.368 e. The first-order valence-electron chi connectivity index (χ1n) is 3.40. The maximum absolute atomic E-state index is 4.39. The standard InChI is InChI=1S/C7H5N2.BrH.Mg/c1-2-4-7-6(3-1)8-5-9-7;;/h1-4H,(H,8,9);1H;/q;;+1/p-1. The summed E-state index contributed by atoms with van der Waals surface area (Å²) in [6.07, 6.45) is 0. The number of fused-ring (bicyclic) bond motifs is 1. The molecule has 1 N–H and O–H groups in total. The summed E-state index contributed by atoms with van der Waals surface area (Å²) >= 11 is 3.16. The molecule has 4 heteroatoms. The molecule has 2 rings (SSSR count). The van der Waals surface area contributed by atoms with Gasteiger partial charge < -0.3 is 4.98 Å². The molecule has 0 saturated carbocycles. The lowest BCUT2D eigenvalue weighted by molar-refractivity contribution is 1.44. The number of nitrogens with one attached hydrogen (secondary N) is 1. The third kappa shape index (κ3) is 1.43. The van der Waals surface area contributed by atoms with Crippen LogP contribution in [-0.2, 0) is 0 Å². The zero-order valence-corrected chi connectivity index (χ0v) is 8.84. The predicted octanol–water partition coefficient (Wildman–Crippen LogP) is 1.20. The van der Waals surface area contributed by atoms with Crippen LogP contribution < -0.4 is 3.95 Å². The van der Waals surface area contributed by atoms with Gasteiger partial charge in [0, 0.05) is 0 Å². The molecule has 52 valence electrons. The van der Waals surface area contributed by atoms with E-state index in [0.29, 0.717) is 0 Å². The molecule has 0 fully saturated rings. The van der Waals surface area contributed by atoms with Crippen molar-refractivity contribution in [3.63, 3.8) is 0 Å². The number of rotatable bonds is 1. The van der Waals surface area contributed by atoms with E-state index >= 15 is 0 Å². The molecule has 1 heterocycles. The van der Waals surface area contributed by atoms with Crippen LogP contribution in [0.4, 0.5) is 0 Å². The first-order chi connectivity index (χ1) is 5.40. The SMILES string of the molecule is [Br][Mg][c]1nc2ccccc2[nH]1. The van der Waals surface area contributed by atoms with Gasteiger partial charge in [0.2, 0.25) is 0 Å². The van der Waals surface area contributed by atoms with Crippen LogP contribution >= 0.6 is 12.9 Å². The van der Waals surface area contributed by atoms with Gasteiger partial charge in [-0.15, -0.1) is 0 Å². The first-order valence-corrected chi connectivity index (χ1v) is 8.00. The molecule has 1 aromatic heterocycles.